The summed E-state index contributed by atoms with van der Waals surface area (Å²) < 4.78 is 26.9. The molecule has 2 aromatic rings. The SMILES string of the molecule is CC(C)(C)c1csc(NS(=O)(=O)c2ccc(CN)cn2)n1. The maximum Gasteiger partial charge on any atom is 0.281 e. The molecule has 0 radical (unpaired) electrons. The average molecular weight is 326 g/mol. The van der Waals surface area contributed by atoms with Crippen LogP contribution in [0.25, 0.3) is 0 Å². The van der Waals surface area contributed by atoms with Gasteiger partial charge in [0.15, 0.2) is 10.2 Å². The lowest BCUT2D eigenvalue weighted by molar-refractivity contribution is 0.573. The van der Waals surface area contributed by atoms with Gasteiger partial charge in [-0.05, 0) is 11.6 Å². The number of aromatic nitrogens is 2. The van der Waals surface area contributed by atoms with E-state index in [4.69, 9.17) is 5.73 Å². The molecule has 114 valence electrons. The molecule has 0 aliphatic carbocycles. The summed E-state index contributed by atoms with van der Waals surface area (Å²) in [5.41, 5.74) is 6.96. The van der Waals surface area contributed by atoms with Crippen LogP contribution in [0.4, 0.5) is 5.13 Å². The number of anilines is 1. The third-order valence-corrected chi connectivity index (χ3v) is 4.94. The highest BCUT2D eigenvalue weighted by molar-refractivity contribution is 7.92. The van der Waals surface area contributed by atoms with Gasteiger partial charge in [0.25, 0.3) is 10.0 Å². The maximum atomic E-state index is 12.2. The summed E-state index contributed by atoms with van der Waals surface area (Å²) in [6.45, 7) is 6.39. The topological polar surface area (TPSA) is 98.0 Å². The summed E-state index contributed by atoms with van der Waals surface area (Å²) >= 11 is 1.26. The van der Waals surface area contributed by atoms with Crippen LogP contribution in [0.15, 0.2) is 28.7 Å². The molecule has 0 amide bonds. The Morgan fingerprint density at radius 2 is 2.05 bits per heavy atom. The molecule has 0 aliphatic rings. The summed E-state index contributed by atoms with van der Waals surface area (Å²) in [6, 6.07) is 3.08. The monoisotopic (exact) mass is 326 g/mol. The van der Waals surface area contributed by atoms with Crippen LogP contribution in [-0.2, 0) is 22.0 Å². The van der Waals surface area contributed by atoms with Gasteiger partial charge < -0.3 is 5.73 Å². The normalized spacial score (nSPS) is 12.4. The number of thiazole rings is 1. The Labute approximate surface area is 128 Å². The Hall–Kier alpha value is -1.51. The number of pyridine rings is 1. The smallest absolute Gasteiger partial charge is 0.281 e. The number of nitrogens with two attached hydrogens (primary N) is 1. The van der Waals surface area contributed by atoms with Gasteiger partial charge in [-0.2, -0.15) is 8.42 Å². The molecule has 2 rings (SSSR count). The highest BCUT2D eigenvalue weighted by atomic mass is 32.2. The van der Waals surface area contributed by atoms with Crippen LogP contribution in [0.3, 0.4) is 0 Å². The van der Waals surface area contributed by atoms with Gasteiger partial charge in [0, 0.05) is 23.5 Å². The van der Waals surface area contributed by atoms with E-state index in [9.17, 15) is 8.42 Å². The Balaban J connectivity index is 2.22. The van der Waals surface area contributed by atoms with Crippen LogP contribution in [0, 0.1) is 0 Å². The molecule has 0 saturated carbocycles. The standard InChI is InChI=1S/C13H18N4O2S2/c1-13(2,3)10-8-20-12(16-10)17-21(18,19)11-5-4-9(6-14)7-15-11/h4-5,7-8H,6,14H2,1-3H3,(H,16,17). The van der Waals surface area contributed by atoms with Crippen LogP contribution >= 0.6 is 11.3 Å². The minimum absolute atomic E-state index is 0.0489. The molecule has 6 nitrogen and oxygen atoms in total. The fourth-order valence-electron chi connectivity index (χ4n) is 1.52. The number of sulfonamides is 1. The zero-order valence-corrected chi connectivity index (χ0v) is 13.8. The van der Waals surface area contributed by atoms with Crippen molar-refractivity contribution in [2.45, 2.75) is 37.8 Å². The molecule has 0 bridgehead atoms. The van der Waals surface area contributed by atoms with E-state index in [-0.39, 0.29) is 10.4 Å². The Kier molecular flexibility index (Phi) is 4.31. The summed E-state index contributed by atoms with van der Waals surface area (Å²) in [5.74, 6) is 0. The lowest BCUT2D eigenvalue weighted by Crippen LogP contribution is -2.16. The molecular weight excluding hydrogens is 308 g/mol. The minimum atomic E-state index is -3.72. The Bertz CT molecular complexity index is 715. The lowest BCUT2D eigenvalue weighted by atomic mass is 9.93. The predicted octanol–water partition coefficient (Wildman–Crippen LogP) is 2.10. The van der Waals surface area contributed by atoms with Crippen molar-refractivity contribution < 1.29 is 8.42 Å². The molecule has 2 heterocycles. The van der Waals surface area contributed by atoms with Crippen molar-refractivity contribution in [1.29, 1.82) is 0 Å². The second-order valence-electron chi connectivity index (χ2n) is 5.60. The Morgan fingerprint density at radius 3 is 2.52 bits per heavy atom. The van der Waals surface area contributed by atoms with Gasteiger partial charge in [0.2, 0.25) is 0 Å². The highest BCUT2D eigenvalue weighted by Crippen LogP contribution is 2.27. The van der Waals surface area contributed by atoms with Crippen molar-refractivity contribution in [3.8, 4) is 0 Å². The fourth-order valence-corrected chi connectivity index (χ4v) is 3.64. The number of hydrogen-bond acceptors (Lipinski definition) is 6. The van der Waals surface area contributed by atoms with Gasteiger partial charge in [-0.1, -0.05) is 26.8 Å². The molecule has 0 fully saturated rings. The number of rotatable bonds is 4. The first-order valence-corrected chi connectivity index (χ1v) is 8.72. The molecule has 8 heteroatoms. The predicted molar refractivity (Wildman–Crippen MR) is 83.8 cm³/mol. The molecule has 3 N–H and O–H groups in total. The largest absolute Gasteiger partial charge is 0.326 e. The first kappa shape index (κ1) is 15.9. The first-order chi connectivity index (χ1) is 9.72. The molecule has 21 heavy (non-hydrogen) atoms. The maximum absolute atomic E-state index is 12.2. The summed E-state index contributed by atoms with van der Waals surface area (Å²) in [6.07, 6.45) is 1.46. The van der Waals surface area contributed by atoms with Gasteiger partial charge >= 0.3 is 0 Å². The highest BCUT2D eigenvalue weighted by Gasteiger charge is 2.21. The molecule has 0 spiro atoms. The third kappa shape index (κ3) is 3.78. The number of hydrogen-bond donors (Lipinski definition) is 2. The molecule has 2 aromatic heterocycles. The van der Waals surface area contributed by atoms with E-state index >= 15 is 0 Å². The van der Waals surface area contributed by atoms with E-state index in [2.05, 4.69) is 14.7 Å². The van der Waals surface area contributed by atoms with Crippen LogP contribution in [0.5, 0.6) is 0 Å². The van der Waals surface area contributed by atoms with Gasteiger partial charge in [0.05, 0.1) is 5.69 Å². The van der Waals surface area contributed by atoms with Crippen molar-refractivity contribution in [3.63, 3.8) is 0 Å². The van der Waals surface area contributed by atoms with Crippen LogP contribution in [-0.4, -0.2) is 18.4 Å². The molecule has 0 atom stereocenters. The Morgan fingerprint density at radius 1 is 1.33 bits per heavy atom. The summed E-state index contributed by atoms with van der Waals surface area (Å²) in [5, 5.41) is 2.14. The molecule has 0 aliphatic heterocycles. The van der Waals surface area contributed by atoms with E-state index in [1.54, 1.807) is 6.07 Å². The third-order valence-electron chi connectivity index (χ3n) is 2.80. The van der Waals surface area contributed by atoms with Crippen LogP contribution in [0.2, 0.25) is 0 Å². The van der Waals surface area contributed by atoms with Crippen LogP contribution in [0.1, 0.15) is 32.0 Å². The van der Waals surface area contributed by atoms with E-state index < -0.39 is 10.0 Å². The number of nitrogens with one attached hydrogen (secondary N) is 1. The molecule has 0 unspecified atom stereocenters. The van der Waals surface area contributed by atoms with Crippen molar-refractivity contribution >= 4 is 26.5 Å². The van der Waals surface area contributed by atoms with Crippen LogP contribution < -0.4 is 10.5 Å². The number of nitrogens with zero attached hydrogens (tertiary/aromatic N) is 2. The second-order valence-corrected chi connectivity index (χ2v) is 8.09. The van der Waals surface area contributed by atoms with E-state index in [1.807, 2.05) is 26.2 Å². The van der Waals surface area contributed by atoms with Gasteiger partial charge in [-0.25, -0.2) is 9.97 Å². The summed E-state index contributed by atoms with van der Waals surface area (Å²) in [4.78, 5) is 8.23. The minimum Gasteiger partial charge on any atom is -0.326 e. The lowest BCUT2D eigenvalue weighted by Gasteiger charge is -2.14. The summed E-state index contributed by atoms with van der Waals surface area (Å²) in [7, 11) is -3.72. The van der Waals surface area contributed by atoms with Gasteiger partial charge in [-0.3, -0.25) is 4.72 Å². The molecule has 0 saturated heterocycles. The van der Waals surface area contributed by atoms with Crippen molar-refractivity contribution in [2.24, 2.45) is 5.73 Å². The second kappa shape index (κ2) is 5.70. The quantitative estimate of drug-likeness (QED) is 0.896. The van der Waals surface area contributed by atoms with Gasteiger partial charge in [-0.15, -0.1) is 11.3 Å². The fraction of sp³-hybridized carbons (Fsp3) is 0.385. The zero-order valence-electron chi connectivity index (χ0n) is 12.1. The van der Waals surface area contributed by atoms with Crippen molar-refractivity contribution in [1.82, 2.24) is 9.97 Å². The van der Waals surface area contributed by atoms with Crippen molar-refractivity contribution in [2.75, 3.05) is 4.72 Å². The molecule has 0 aromatic carbocycles. The molecular formula is C13H18N4O2S2. The van der Waals surface area contributed by atoms with Crippen molar-refractivity contribution in [3.05, 3.63) is 35.0 Å². The zero-order chi connectivity index (χ0) is 15.7. The van der Waals surface area contributed by atoms with E-state index in [1.165, 1.54) is 23.6 Å². The van der Waals surface area contributed by atoms with Gasteiger partial charge in [0.1, 0.15) is 0 Å². The average Bonchev–Trinajstić information content (AvgIpc) is 2.86. The first-order valence-electron chi connectivity index (χ1n) is 6.36. The van der Waals surface area contributed by atoms with E-state index in [0.717, 1.165) is 11.3 Å². The van der Waals surface area contributed by atoms with E-state index in [0.29, 0.717) is 11.7 Å².